The molecule has 2 aliphatic rings. The van der Waals surface area contributed by atoms with Gasteiger partial charge >= 0.3 is 17.7 Å². The minimum Gasteiger partial charge on any atom is -0.475 e. The van der Waals surface area contributed by atoms with Crippen LogP contribution in [0.15, 0.2) is 59.4 Å². The lowest BCUT2D eigenvalue weighted by Crippen LogP contribution is -2.42. The molecule has 0 radical (unpaired) electrons. The van der Waals surface area contributed by atoms with Crippen molar-refractivity contribution in [2.45, 2.75) is 24.0 Å². The first kappa shape index (κ1) is 21.5. The van der Waals surface area contributed by atoms with Crippen LogP contribution >= 0.6 is 0 Å². The zero-order valence-corrected chi connectivity index (χ0v) is 18.2. The lowest BCUT2D eigenvalue weighted by molar-refractivity contribution is 0.139. The van der Waals surface area contributed by atoms with Crippen molar-refractivity contribution in [3.05, 3.63) is 70.6 Å². The van der Waals surface area contributed by atoms with Gasteiger partial charge in [0.25, 0.3) is 10.0 Å². The number of ether oxygens (including phenoxy) is 2. The third-order valence-corrected chi connectivity index (χ3v) is 7.35. The number of rotatable bonds is 5. The van der Waals surface area contributed by atoms with Gasteiger partial charge in [-0.05, 0) is 31.2 Å². The fourth-order valence-corrected chi connectivity index (χ4v) is 5.47. The molecule has 0 spiro atoms. The molecular weight excluding hydrogens is 436 g/mol. The summed E-state index contributed by atoms with van der Waals surface area (Å²) in [5, 5.41) is 19.3. The van der Waals surface area contributed by atoms with Gasteiger partial charge in [-0.25, -0.2) is 13.2 Å². The highest BCUT2D eigenvalue weighted by molar-refractivity contribution is 7.89. The van der Waals surface area contributed by atoms with Crippen molar-refractivity contribution in [3.63, 3.8) is 0 Å². The van der Waals surface area contributed by atoms with Crippen molar-refractivity contribution in [2.75, 3.05) is 25.1 Å². The van der Waals surface area contributed by atoms with Crippen LogP contribution in [-0.4, -0.2) is 56.3 Å². The van der Waals surface area contributed by atoms with E-state index in [9.17, 15) is 23.7 Å². The summed E-state index contributed by atoms with van der Waals surface area (Å²) in [4.78, 5) is 17.4. The summed E-state index contributed by atoms with van der Waals surface area (Å²) in [5.41, 5.74) is 1.64. The fraction of sp³-hybridized carbons (Fsp3) is 0.286. The highest BCUT2D eigenvalue weighted by atomic mass is 32.2. The summed E-state index contributed by atoms with van der Waals surface area (Å²) >= 11 is 0. The number of sulfonamides is 1. The second-order valence-electron chi connectivity index (χ2n) is 7.48. The predicted molar refractivity (Wildman–Crippen MR) is 115 cm³/mol. The van der Waals surface area contributed by atoms with Gasteiger partial charge < -0.3 is 19.5 Å². The Kier molecular flexibility index (Phi) is 5.40. The number of hydrogen-bond acceptors (Lipinski definition) is 8. The Morgan fingerprint density at radius 2 is 1.88 bits per heavy atom. The minimum absolute atomic E-state index is 0.00821. The predicted octanol–water partition coefficient (Wildman–Crippen LogP) is 3.08. The lowest BCUT2D eigenvalue weighted by Gasteiger charge is -2.24. The molecule has 32 heavy (non-hydrogen) atoms. The van der Waals surface area contributed by atoms with Gasteiger partial charge in [0, 0.05) is 6.54 Å². The largest absolute Gasteiger partial charge is 0.475 e. The van der Waals surface area contributed by atoms with Crippen LogP contribution in [0.4, 0.5) is 10.5 Å². The number of carbonyl (C=O) groups excluding carboxylic acids is 1. The quantitative estimate of drug-likeness (QED) is 0.536. The molecule has 1 amide bonds. The van der Waals surface area contributed by atoms with Gasteiger partial charge in [-0.1, -0.05) is 29.8 Å². The van der Waals surface area contributed by atoms with Gasteiger partial charge in [0.05, 0.1) is 24.2 Å². The maximum absolute atomic E-state index is 13.2. The molecule has 1 N–H and O–H groups in total. The Balaban J connectivity index is 1.68. The Labute approximate surface area is 184 Å². The zero-order valence-electron chi connectivity index (χ0n) is 17.4. The molecule has 166 valence electrons. The van der Waals surface area contributed by atoms with Crippen molar-refractivity contribution in [2.24, 2.45) is 0 Å². The molecule has 0 aliphatic carbocycles. The van der Waals surface area contributed by atoms with E-state index in [-0.39, 0.29) is 23.7 Å². The van der Waals surface area contributed by atoms with E-state index in [0.29, 0.717) is 11.3 Å². The maximum atomic E-state index is 13.2. The average Bonchev–Trinajstić information content (AvgIpc) is 3.31. The van der Waals surface area contributed by atoms with E-state index in [1.54, 1.807) is 36.4 Å². The first-order valence-electron chi connectivity index (χ1n) is 9.76. The topological polar surface area (TPSA) is 125 Å². The SMILES string of the molecule is CO/C(O)=C(\[N+]#N)c1ccccc1N1C[C@H]2OC(=O)N(S(=O)(=O)c3ccc(C)cc3)[C@H]2C1. The molecule has 4 rings (SSSR count). The summed E-state index contributed by atoms with van der Waals surface area (Å²) in [7, 11) is -2.88. The first-order valence-corrected chi connectivity index (χ1v) is 11.2. The van der Waals surface area contributed by atoms with Crippen molar-refractivity contribution in [3.8, 4) is 0 Å². The number of benzene rings is 2. The average molecular weight is 457 g/mol. The van der Waals surface area contributed by atoms with Crippen LogP contribution in [0, 0.1) is 12.3 Å². The van der Waals surface area contributed by atoms with Crippen molar-refractivity contribution >= 4 is 27.5 Å². The maximum Gasteiger partial charge on any atom is 0.473 e. The number of aryl methyl sites for hydroxylation is 1. The van der Waals surface area contributed by atoms with E-state index >= 15 is 0 Å². The molecule has 2 saturated heterocycles. The number of anilines is 1. The van der Waals surface area contributed by atoms with Crippen LogP contribution in [0.2, 0.25) is 0 Å². The Morgan fingerprint density at radius 1 is 1.19 bits per heavy atom. The van der Waals surface area contributed by atoms with Crippen LogP contribution in [0.5, 0.6) is 0 Å². The number of carbonyl (C=O) groups is 1. The Bertz CT molecular complexity index is 1240. The number of methoxy groups -OCH3 is 1. The molecule has 0 aromatic heterocycles. The van der Waals surface area contributed by atoms with Gasteiger partial charge in [0.15, 0.2) is 4.98 Å². The second kappa shape index (κ2) is 8.05. The van der Waals surface area contributed by atoms with Crippen molar-refractivity contribution < 1.29 is 27.8 Å². The van der Waals surface area contributed by atoms with Gasteiger partial charge in [0.2, 0.25) is 5.39 Å². The number of aliphatic hydroxyl groups excluding tert-OH is 1. The van der Waals surface area contributed by atoms with Crippen LogP contribution < -0.4 is 4.90 Å². The molecule has 2 aromatic carbocycles. The molecule has 0 unspecified atom stereocenters. The molecule has 0 saturated carbocycles. The lowest BCUT2D eigenvalue weighted by atomic mass is 10.1. The van der Waals surface area contributed by atoms with Crippen LogP contribution in [0.3, 0.4) is 0 Å². The summed E-state index contributed by atoms with van der Waals surface area (Å²) in [6.45, 7) is 2.22. The number of hydrogen-bond donors (Lipinski definition) is 1. The molecular formula is C21H21N4O6S+. The Hall–Kier alpha value is -3.78. The van der Waals surface area contributed by atoms with Gasteiger partial charge in [0.1, 0.15) is 17.7 Å². The van der Waals surface area contributed by atoms with Crippen LogP contribution in [0.25, 0.3) is 10.7 Å². The first-order chi connectivity index (χ1) is 15.3. The highest BCUT2D eigenvalue weighted by Crippen LogP contribution is 2.37. The summed E-state index contributed by atoms with van der Waals surface area (Å²) in [6.07, 6.45) is -1.58. The second-order valence-corrected chi connectivity index (χ2v) is 9.30. The molecule has 2 fully saturated rings. The number of nitrogens with zero attached hydrogens (tertiary/aromatic N) is 4. The molecule has 10 nitrogen and oxygen atoms in total. The number of diazo groups is 1. The molecule has 2 aromatic rings. The smallest absolute Gasteiger partial charge is 0.473 e. The molecule has 2 atom stereocenters. The van der Waals surface area contributed by atoms with E-state index in [1.165, 1.54) is 19.2 Å². The summed E-state index contributed by atoms with van der Waals surface area (Å²) < 4.78 is 37.4. The summed E-state index contributed by atoms with van der Waals surface area (Å²) in [6, 6.07) is 12.3. The molecule has 2 heterocycles. The zero-order chi connectivity index (χ0) is 23.0. The van der Waals surface area contributed by atoms with Gasteiger partial charge in [-0.15, -0.1) is 0 Å². The monoisotopic (exact) mass is 457 g/mol. The molecule has 2 aliphatic heterocycles. The molecule has 0 bridgehead atoms. The van der Waals surface area contributed by atoms with E-state index in [0.717, 1.165) is 9.87 Å². The third kappa shape index (κ3) is 3.48. The number of amides is 1. The summed E-state index contributed by atoms with van der Waals surface area (Å²) in [5.74, 6) is -0.575. The standard InChI is InChI=1S/C21H20N4O6S/c1-13-7-9-14(10-8-13)32(28,29)25-17-11-24(12-18(17)31-21(25)27)16-6-4-3-5-15(16)19(23-22)20(26)30-2/h3-10,17-18H,11-12H2,1-2H3/p+1/b20-19-/t17-,18+/m0/s1. The van der Waals surface area contributed by atoms with Crippen LogP contribution in [-0.2, 0) is 19.5 Å². The van der Waals surface area contributed by atoms with E-state index in [2.05, 4.69) is 4.98 Å². The number of fused-ring (bicyclic) bond motifs is 1. The van der Waals surface area contributed by atoms with E-state index < -0.39 is 34.2 Å². The normalized spacial score (nSPS) is 21.0. The van der Waals surface area contributed by atoms with E-state index in [1.807, 2.05) is 11.8 Å². The van der Waals surface area contributed by atoms with Gasteiger partial charge in [-0.2, -0.15) is 4.31 Å². The fourth-order valence-electron chi connectivity index (χ4n) is 3.97. The van der Waals surface area contributed by atoms with Gasteiger partial charge in [-0.3, -0.25) is 0 Å². The third-order valence-electron chi connectivity index (χ3n) is 5.54. The molecule has 11 heteroatoms. The highest BCUT2D eigenvalue weighted by Gasteiger charge is 2.53. The number of aliphatic hydroxyl groups is 1. The minimum atomic E-state index is -4.11. The van der Waals surface area contributed by atoms with Crippen LogP contribution in [0.1, 0.15) is 11.1 Å². The van der Waals surface area contributed by atoms with Crippen molar-refractivity contribution in [1.29, 1.82) is 5.39 Å². The van der Waals surface area contributed by atoms with E-state index in [4.69, 9.17) is 9.47 Å². The van der Waals surface area contributed by atoms with Crippen molar-refractivity contribution in [1.82, 2.24) is 4.31 Å². The Morgan fingerprint density at radius 3 is 2.53 bits per heavy atom. The number of para-hydroxylation sites is 1.